The Kier molecular flexibility index (Phi) is 7.71. The van der Waals surface area contributed by atoms with Crippen LogP contribution in [0, 0.1) is 11.7 Å². The Morgan fingerprint density at radius 1 is 1.14 bits per heavy atom. The smallest absolute Gasteiger partial charge is 0.273 e. The molecule has 1 saturated carbocycles. The maximum absolute atomic E-state index is 14.2. The lowest BCUT2D eigenvalue weighted by atomic mass is 9.91. The predicted octanol–water partition coefficient (Wildman–Crippen LogP) is 5.23. The Hall–Kier alpha value is -2.90. The molecule has 2 heterocycles. The fourth-order valence-corrected chi connectivity index (χ4v) is 5.63. The van der Waals surface area contributed by atoms with E-state index in [4.69, 9.17) is 0 Å². The third-order valence-corrected chi connectivity index (χ3v) is 7.70. The summed E-state index contributed by atoms with van der Waals surface area (Å²) >= 11 is 0. The summed E-state index contributed by atoms with van der Waals surface area (Å²) < 4.78 is 16.0. The standard InChI is InChI=1S/C28H39FN4O3/c1-18(2)14-15-33-26(35)25-24(30-19(3)34)22-16-20(29)12-13-23(22)32(25)17-28(33,4)27(36)31-21-10-8-6-5-7-9-11-21/h12-13,16,18,21H,5-11,14-15,17H2,1-4H3,(H,30,34)(H,31,36)/t28-/m0/s1. The Balaban J connectivity index is 1.77. The zero-order valence-electron chi connectivity index (χ0n) is 22.0. The van der Waals surface area contributed by atoms with E-state index in [0.29, 0.717) is 34.7 Å². The molecule has 1 aliphatic heterocycles. The third kappa shape index (κ3) is 5.13. The van der Waals surface area contributed by atoms with Gasteiger partial charge in [-0.15, -0.1) is 0 Å². The van der Waals surface area contributed by atoms with E-state index in [-0.39, 0.29) is 30.3 Å². The molecule has 8 heteroatoms. The van der Waals surface area contributed by atoms with Crippen LogP contribution >= 0.6 is 0 Å². The Bertz CT molecular complexity index is 1150. The summed E-state index contributed by atoms with van der Waals surface area (Å²) in [5.41, 5.74) is 0.108. The normalized spacial score (nSPS) is 21.3. The first-order chi connectivity index (χ1) is 17.1. The van der Waals surface area contributed by atoms with Crippen LogP contribution in [0.25, 0.3) is 10.9 Å². The average Bonchev–Trinajstić information content (AvgIpc) is 3.06. The summed E-state index contributed by atoms with van der Waals surface area (Å²) in [4.78, 5) is 41.7. The number of hydrogen-bond acceptors (Lipinski definition) is 3. The third-order valence-electron chi connectivity index (χ3n) is 7.70. The van der Waals surface area contributed by atoms with Gasteiger partial charge in [0.15, 0.2) is 0 Å². The number of halogens is 1. The van der Waals surface area contributed by atoms with Crippen molar-refractivity contribution in [3.8, 4) is 0 Å². The highest BCUT2D eigenvalue weighted by atomic mass is 19.1. The van der Waals surface area contributed by atoms with E-state index >= 15 is 0 Å². The largest absolute Gasteiger partial charge is 0.351 e. The quantitative estimate of drug-likeness (QED) is 0.572. The number of amides is 3. The molecule has 1 fully saturated rings. The molecule has 0 saturated heterocycles. The van der Waals surface area contributed by atoms with E-state index in [1.54, 1.807) is 15.5 Å². The minimum absolute atomic E-state index is 0.100. The molecule has 0 radical (unpaired) electrons. The molecule has 3 amide bonds. The fraction of sp³-hybridized carbons (Fsp3) is 0.607. The molecule has 2 N–H and O–H groups in total. The van der Waals surface area contributed by atoms with Gasteiger partial charge in [0.2, 0.25) is 11.8 Å². The number of fused-ring (bicyclic) bond motifs is 3. The van der Waals surface area contributed by atoms with Gasteiger partial charge in [-0.25, -0.2) is 4.39 Å². The zero-order valence-corrected chi connectivity index (χ0v) is 22.0. The van der Waals surface area contributed by atoms with Gasteiger partial charge in [0, 0.05) is 24.9 Å². The maximum Gasteiger partial charge on any atom is 0.273 e. The molecule has 0 spiro atoms. The van der Waals surface area contributed by atoms with Crippen molar-refractivity contribution in [1.82, 2.24) is 14.8 Å². The number of rotatable bonds is 6. The van der Waals surface area contributed by atoms with Crippen LogP contribution in [0.15, 0.2) is 18.2 Å². The summed E-state index contributed by atoms with van der Waals surface area (Å²) in [6.07, 6.45) is 8.44. The van der Waals surface area contributed by atoms with Crippen molar-refractivity contribution in [2.24, 2.45) is 5.92 Å². The van der Waals surface area contributed by atoms with Crippen LogP contribution in [0.3, 0.4) is 0 Å². The first-order valence-corrected chi connectivity index (χ1v) is 13.3. The van der Waals surface area contributed by atoms with Crippen molar-refractivity contribution in [1.29, 1.82) is 0 Å². The maximum atomic E-state index is 14.2. The summed E-state index contributed by atoms with van der Waals surface area (Å²) in [6, 6.07) is 4.39. The van der Waals surface area contributed by atoms with Crippen molar-refractivity contribution in [2.75, 3.05) is 11.9 Å². The first kappa shape index (κ1) is 26.2. The van der Waals surface area contributed by atoms with Crippen LogP contribution in [0.4, 0.5) is 10.1 Å². The van der Waals surface area contributed by atoms with Crippen LogP contribution in [0.2, 0.25) is 0 Å². The lowest BCUT2D eigenvalue weighted by molar-refractivity contribution is -0.133. The summed E-state index contributed by atoms with van der Waals surface area (Å²) in [5, 5.41) is 6.51. The molecule has 0 bridgehead atoms. The van der Waals surface area contributed by atoms with Gasteiger partial charge in [-0.2, -0.15) is 0 Å². The molecule has 2 aromatic rings. The van der Waals surface area contributed by atoms with E-state index in [1.165, 1.54) is 38.3 Å². The number of carbonyl (C=O) groups is 3. The SMILES string of the molecule is CC(=O)Nc1c2n(c3ccc(F)cc13)C[C@@](C)(C(=O)NC1CCCCCCC1)N(CCC(C)C)C2=O. The monoisotopic (exact) mass is 498 g/mol. The summed E-state index contributed by atoms with van der Waals surface area (Å²) in [7, 11) is 0. The number of nitrogens with one attached hydrogen (secondary N) is 2. The van der Waals surface area contributed by atoms with Gasteiger partial charge in [0.25, 0.3) is 5.91 Å². The summed E-state index contributed by atoms with van der Waals surface area (Å²) in [6.45, 7) is 8.02. The Morgan fingerprint density at radius 2 is 1.81 bits per heavy atom. The number of benzene rings is 1. The molecule has 7 nitrogen and oxygen atoms in total. The fourth-order valence-electron chi connectivity index (χ4n) is 5.63. The van der Waals surface area contributed by atoms with Gasteiger partial charge in [-0.3, -0.25) is 14.4 Å². The van der Waals surface area contributed by atoms with Crippen LogP contribution in [-0.2, 0) is 16.1 Å². The highest BCUT2D eigenvalue weighted by Gasteiger charge is 2.49. The predicted molar refractivity (Wildman–Crippen MR) is 139 cm³/mol. The van der Waals surface area contributed by atoms with Gasteiger partial charge in [-0.05, 0) is 50.3 Å². The van der Waals surface area contributed by atoms with Crippen LogP contribution in [-0.4, -0.2) is 45.3 Å². The van der Waals surface area contributed by atoms with Crippen LogP contribution < -0.4 is 10.6 Å². The second-order valence-corrected chi connectivity index (χ2v) is 11.1. The number of nitrogens with zero attached hydrogens (tertiary/aromatic N) is 2. The van der Waals surface area contributed by atoms with Crippen LogP contribution in [0.1, 0.15) is 89.5 Å². The number of aromatic nitrogens is 1. The zero-order chi connectivity index (χ0) is 26.0. The van der Waals surface area contributed by atoms with Crippen molar-refractivity contribution < 1.29 is 18.8 Å². The molecule has 4 rings (SSSR count). The van der Waals surface area contributed by atoms with Gasteiger partial charge < -0.3 is 20.1 Å². The van der Waals surface area contributed by atoms with Crippen molar-refractivity contribution >= 4 is 34.3 Å². The number of carbonyl (C=O) groups excluding carboxylic acids is 3. The molecule has 1 atom stereocenters. The lowest BCUT2D eigenvalue weighted by Crippen LogP contribution is -2.65. The van der Waals surface area contributed by atoms with Crippen molar-refractivity contribution in [3.63, 3.8) is 0 Å². The van der Waals surface area contributed by atoms with Gasteiger partial charge in [0.1, 0.15) is 17.1 Å². The Labute approximate surface area is 212 Å². The van der Waals surface area contributed by atoms with Gasteiger partial charge >= 0.3 is 0 Å². The minimum Gasteiger partial charge on any atom is -0.351 e. The van der Waals surface area contributed by atoms with E-state index < -0.39 is 11.4 Å². The van der Waals surface area contributed by atoms with E-state index in [1.807, 2.05) is 6.92 Å². The minimum atomic E-state index is -1.12. The van der Waals surface area contributed by atoms with Crippen LogP contribution in [0.5, 0.6) is 0 Å². The second-order valence-electron chi connectivity index (χ2n) is 11.1. The molecule has 0 unspecified atom stereocenters. The van der Waals surface area contributed by atoms with Crippen molar-refractivity contribution in [3.05, 3.63) is 29.7 Å². The Morgan fingerprint density at radius 3 is 2.44 bits per heavy atom. The molecule has 2 aliphatic rings. The molecular weight excluding hydrogens is 459 g/mol. The van der Waals surface area contributed by atoms with Crippen molar-refractivity contribution in [2.45, 2.75) is 97.2 Å². The first-order valence-electron chi connectivity index (χ1n) is 13.3. The molecule has 36 heavy (non-hydrogen) atoms. The van der Waals surface area contributed by atoms with E-state index in [9.17, 15) is 18.8 Å². The van der Waals surface area contributed by atoms with Gasteiger partial charge in [-0.1, -0.05) is 46.0 Å². The number of hydrogen-bond donors (Lipinski definition) is 2. The lowest BCUT2D eigenvalue weighted by Gasteiger charge is -2.45. The number of anilines is 1. The highest BCUT2D eigenvalue weighted by molar-refractivity contribution is 6.14. The molecule has 1 aliphatic carbocycles. The summed E-state index contributed by atoms with van der Waals surface area (Å²) in [5.74, 6) is -0.928. The molecule has 196 valence electrons. The topological polar surface area (TPSA) is 83.4 Å². The second kappa shape index (κ2) is 10.6. The average molecular weight is 499 g/mol. The molecular formula is C28H39FN4O3. The van der Waals surface area contributed by atoms with Gasteiger partial charge in [0.05, 0.1) is 17.7 Å². The van der Waals surface area contributed by atoms with E-state index in [0.717, 1.165) is 32.1 Å². The van der Waals surface area contributed by atoms with E-state index in [2.05, 4.69) is 24.5 Å². The highest BCUT2D eigenvalue weighted by Crippen LogP contribution is 2.39. The molecule has 1 aromatic carbocycles. The molecule has 1 aromatic heterocycles.